The molecule has 0 nitrogen and oxygen atoms in total. The zero-order chi connectivity index (χ0) is 36.4. The normalized spacial score (nSPS) is 15.0. The maximum Gasteiger partial charge on any atom is 0.0851 e. The van der Waals surface area contributed by atoms with E-state index in [0.717, 1.165) is 11.6 Å². The third-order valence-corrected chi connectivity index (χ3v) is 14.8. The van der Waals surface area contributed by atoms with Crippen LogP contribution >= 0.6 is 0 Å². The Morgan fingerprint density at radius 3 is 1.50 bits per heavy atom. The van der Waals surface area contributed by atoms with Crippen LogP contribution < -0.4 is 15.6 Å². The van der Waals surface area contributed by atoms with Crippen molar-refractivity contribution in [2.45, 2.75) is 19.1 Å². The molecular weight excluding hydrogens is 665 g/mol. The van der Waals surface area contributed by atoms with Gasteiger partial charge in [-0.2, -0.15) is 0 Å². The van der Waals surface area contributed by atoms with E-state index in [1.807, 2.05) is 0 Å². The van der Waals surface area contributed by atoms with E-state index in [1.165, 1.54) is 97.7 Å². The van der Waals surface area contributed by atoms with Gasteiger partial charge in [0.2, 0.25) is 0 Å². The zero-order valence-electron chi connectivity index (χ0n) is 30.7. The van der Waals surface area contributed by atoms with Crippen molar-refractivity contribution in [3.05, 3.63) is 192 Å². The summed E-state index contributed by atoms with van der Waals surface area (Å²) < 4.78 is 0. The van der Waals surface area contributed by atoms with Crippen LogP contribution in [0, 0.1) is 0 Å². The van der Waals surface area contributed by atoms with Gasteiger partial charge < -0.3 is 0 Å². The Bertz CT molecular complexity index is 3130. The minimum absolute atomic E-state index is 1.02. The lowest BCUT2D eigenvalue weighted by atomic mass is 9.85. The van der Waals surface area contributed by atoms with Gasteiger partial charge in [0.25, 0.3) is 0 Å². The zero-order valence-corrected chi connectivity index (χ0v) is 31.7. The third-order valence-electron chi connectivity index (χ3n) is 11.7. The van der Waals surface area contributed by atoms with Crippen LogP contribution in [0.5, 0.6) is 0 Å². The maximum atomic E-state index is 4.80. The van der Waals surface area contributed by atoms with Crippen LogP contribution in [-0.2, 0) is 0 Å². The number of hydrogen-bond acceptors (Lipinski definition) is 0. The summed E-state index contributed by atoms with van der Waals surface area (Å²) in [5.41, 5.74) is 9.80. The predicted molar refractivity (Wildman–Crippen MR) is 238 cm³/mol. The van der Waals surface area contributed by atoms with Crippen molar-refractivity contribution in [1.82, 2.24) is 0 Å². The van der Waals surface area contributed by atoms with Crippen molar-refractivity contribution in [3.63, 3.8) is 0 Å². The fourth-order valence-electron chi connectivity index (χ4n) is 8.82. The summed E-state index contributed by atoms with van der Waals surface area (Å²) in [5, 5.41) is 14.0. The second kappa shape index (κ2) is 12.7. The standard InChI is InChI=1S/C53H40Si/c1-35-30-49-48(28-29-54(2,3)51-19-11-10-18-46(35)51)53(45-25-22-38-14-6-9-17-41(38)33-45)50-34-43(42-23-20-36-12-4-7-15-39(36)31-42)26-27-47(50)52(49)44-24-21-37-13-5-8-16-40(37)32-44/h4-28,30-34H,1,29H2,2-3H3/b48-28+,49-30+. The van der Waals surface area contributed by atoms with Gasteiger partial charge in [0.05, 0.1) is 8.07 Å². The molecule has 0 saturated heterocycles. The lowest BCUT2D eigenvalue weighted by molar-refractivity contribution is 1.50. The summed E-state index contributed by atoms with van der Waals surface area (Å²) in [6.07, 6.45) is 4.98. The summed E-state index contributed by atoms with van der Waals surface area (Å²) in [4.78, 5) is 0. The van der Waals surface area contributed by atoms with E-state index in [0.29, 0.717) is 0 Å². The topological polar surface area (TPSA) is 0 Å². The van der Waals surface area contributed by atoms with E-state index in [4.69, 9.17) is 6.58 Å². The van der Waals surface area contributed by atoms with Crippen LogP contribution in [-0.4, -0.2) is 8.07 Å². The van der Waals surface area contributed by atoms with Crippen molar-refractivity contribution in [2.75, 3.05) is 0 Å². The minimum atomic E-state index is -1.93. The summed E-state index contributed by atoms with van der Waals surface area (Å²) >= 11 is 0. The average molecular weight is 705 g/mol. The Labute approximate surface area is 317 Å². The van der Waals surface area contributed by atoms with Gasteiger partial charge in [-0.25, -0.2) is 0 Å². The molecule has 0 radical (unpaired) electrons. The molecule has 0 bridgehead atoms. The second-order valence-electron chi connectivity index (χ2n) is 15.5. The fraction of sp³-hybridized carbons (Fsp3) is 0.0566. The number of rotatable bonds is 3. The Kier molecular flexibility index (Phi) is 7.61. The third kappa shape index (κ3) is 5.43. The van der Waals surface area contributed by atoms with Crippen LogP contribution in [0.15, 0.2) is 176 Å². The molecule has 0 fully saturated rings. The van der Waals surface area contributed by atoms with Crippen LogP contribution in [0.2, 0.25) is 19.1 Å². The molecule has 9 aromatic carbocycles. The van der Waals surface area contributed by atoms with Gasteiger partial charge in [-0.05, 0) is 134 Å². The number of benzene rings is 9. The highest BCUT2D eigenvalue weighted by Gasteiger charge is 2.27. The molecule has 1 aliphatic heterocycles. The largest absolute Gasteiger partial charge is 0.0911 e. The molecule has 1 heteroatoms. The van der Waals surface area contributed by atoms with Gasteiger partial charge in [0, 0.05) is 0 Å². The van der Waals surface area contributed by atoms with Gasteiger partial charge >= 0.3 is 0 Å². The molecule has 0 saturated carbocycles. The minimum Gasteiger partial charge on any atom is -0.0911 e. The molecule has 54 heavy (non-hydrogen) atoms. The Balaban J connectivity index is 1.38. The van der Waals surface area contributed by atoms with Crippen molar-refractivity contribution in [3.8, 4) is 33.4 Å². The molecule has 0 amide bonds. The number of allylic oxidation sites excluding steroid dienone is 1. The highest BCUT2D eigenvalue weighted by Crippen LogP contribution is 2.37. The first-order chi connectivity index (χ1) is 26.4. The monoisotopic (exact) mass is 704 g/mol. The van der Waals surface area contributed by atoms with Crippen molar-refractivity contribution >= 4 is 74.1 Å². The van der Waals surface area contributed by atoms with Crippen molar-refractivity contribution in [2.24, 2.45) is 0 Å². The van der Waals surface area contributed by atoms with Gasteiger partial charge in [0.15, 0.2) is 0 Å². The molecule has 0 atom stereocenters. The first-order valence-corrected chi connectivity index (χ1v) is 22.2. The molecule has 9 aromatic rings. The summed E-state index contributed by atoms with van der Waals surface area (Å²) in [6, 6.07) is 64.1. The number of fused-ring (bicyclic) bond motifs is 6. The van der Waals surface area contributed by atoms with Crippen molar-refractivity contribution in [1.29, 1.82) is 0 Å². The Hall–Kier alpha value is -6.28. The van der Waals surface area contributed by atoms with Crippen LogP contribution in [0.3, 0.4) is 0 Å². The number of hydrogen-bond donors (Lipinski definition) is 0. The average Bonchev–Trinajstić information content (AvgIpc) is 3.25. The SMILES string of the molecule is C=C1/C=c2/c(-c3ccc4ccccc4c3)c3ccc(-c4ccc5ccccc5c4)cc3c(-c3ccc4ccccc4c3)/c2=C/C[Si](C)(C)c2ccccc21. The highest BCUT2D eigenvalue weighted by atomic mass is 28.3. The molecule has 0 aromatic heterocycles. The molecule has 10 rings (SSSR count). The van der Waals surface area contributed by atoms with E-state index in [1.54, 1.807) is 0 Å². The molecule has 256 valence electrons. The predicted octanol–water partition coefficient (Wildman–Crippen LogP) is 12.5. The van der Waals surface area contributed by atoms with E-state index in [-0.39, 0.29) is 0 Å². The van der Waals surface area contributed by atoms with Crippen molar-refractivity contribution < 1.29 is 0 Å². The second-order valence-corrected chi connectivity index (χ2v) is 20.2. The Morgan fingerprint density at radius 1 is 0.426 bits per heavy atom. The summed E-state index contributed by atoms with van der Waals surface area (Å²) in [7, 11) is -1.93. The van der Waals surface area contributed by atoms with Crippen LogP contribution in [0.25, 0.3) is 94.2 Å². The maximum absolute atomic E-state index is 4.80. The van der Waals surface area contributed by atoms with E-state index < -0.39 is 8.07 Å². The summed E-state index contributed by atoms with van der Waals surface area (Å²) in [5.74, 6) is 0. The highest BCUT2D eigenvalue weighted by molar-refractivity contribution is 6.91. The molecule has 0 unspecified atom stereocenters. The first kappa shape index (κ1) is 32.4. The Morgan fingerprint density at radius 2 is 0.889 bits per heavy atom. The van der Waals surface area contributed by atoms with Gasteiger partial charge in [-0.3, -0.25) is 0 Å². The molecule has 0 N–H and O–H groups in total. The van der Waals surface area contributed by atoms with Gasteiger partial charge in [-0.1, -0.05) is 177 Å². The van der Waals surface area contributed by atoms with E-state index >= 15 is 0 Å². The smallest absolute Gasteiger partial charge is 0.0851 e. The molecule has 1 aliphatic rings. The summed E-state index contributed by atoms with van der Waals surface area (Å²) in [6.45, 7) is 9.83. The van der Waals surface area contributed by atoms with E-state index in [2.05, 4.69) is 195 Å². The molecule has 1 heterocycles. The van der Waals surface area contributed by atoms with Gasteiger partial charge in [-0.15, -0.1) is 0 Å². The molecular formula is C53H40Si. The fourth-order valence-corrected chi connectivity index (χ4v) is 11.3. The molecule has 0 aliphatic carbocycles. The lowest BCUT2D eigenvalue weighted by Crippen LogP contribution is -2.42. The quantitative estimate of drug-likeness (QED) is 0.161. The van der Waals surface area contributed by atoms with Crippen LogP contribution in [0.4, 0.5) is 0 Å². The van der Waals surface area contributed by atoms with Crippen LogP contribution in [0.1, 0.15) is 5.56 Å². The first-order valence-electron chi connectivity index (χ1n) is 19.0. The van der Waals surface area contributed by atoms with E-state index in [9.17, 15) is 0 Å². The van der Waals surface area contributed by atoms with Gasteiger partial charge in [0.1, 0.15) is 0 Å². The lowest BCUT2D eigenvalue weighted by Gasteiger charge is -2.24. The molecule has 0 spiro atoms.